The Kier molecular flexibility index (Phi) is 2.13. The van der Waals surface area contributed by atoms with E-state index in [9.17, 15) is 0 Å². The van der Waals surface area contributed by atoms with E-state index in [1.807, 2.05) is 12.1 Å². The van der Waals surface area contributed by atoms with Gasteiger partial charge in [-0.25, -0.2) is 0 Å². The van der Waals surface area contributed by atoms with Gasteiger partial charge >= 0.3 is 0 Å². The highest BCUT2D eigenvalue weighted by molar-refractivity contribution is 7.18. The van der Waals surface area contributed by atoms with E-state index in [0.29, 0.717) is 10.7 Å². The number of aromatic nitrogens is 2. The third-order valence-electron chi connectivity index (χ3n) is 1.70. The maximum Gasteiger partial charge on any atom is 0.203 e. The van der Waals surface area contributed by atoms with Gasteiger partial charge in [-0.2, -0.15) is 5.26 Å². The fourth-order valence-corrected chi connectivity index (χ4v) is 1.65. The molecule has 0 saturated carbocycles. The molecule has 0 unspecified atom stereocenters. The summed E-state index contributed by atoms with van der Waals surface area (Å²) < 4.78 is 0. The van der Waals surface area contributed by atoms with Crippen LogP contribution in [0.3, 0.4) is 0 Å². The van der Waals surface area contributed by atoms with Gasteiger partial charge in [0.1, 0.15) is 5.01 Å². The third kappa shape index (κ3) is 1.56. The van der Waals surface area contributed by atoms with Gasteiger partial charge < -0.3 is 5.73 Å². The Hall–Kier alpha value is -1.93. The average molecular weight is 202 g/mol. The molecule has 0 spiro atoms. The number of benzene rings is 1. The van der Waals surface area contributed by atoms with E-state index in [1.54, 1.807) is 12.1 Å². The van der Waals surface area contributed by atoms with Gasteiger partial charge in [0.05, 0.1) is 11.6 Å². The molecule has 0 amide bonds. The van der Waals surface area contributed by atoms with Crippen molar-refractivity contribution in [2.75, 3.05) is 5.73 Å². The first-order valence-corrected chi connectivity index (χ1v) is 4.71. The second-order valence-electron chi connectivity index (χ2n) is 2.63. The van der Waals surface area contributed by atoms with E-state index >= 15 is 0 Å². The summed E-state index contributed by atoms with van der Waals surface area (Å²) in [5.41, 5.74) is 7.02. The third-order valence-corrected chi connectivity index (χ3v) is 2.50. The maximum atomic E-state index is 8.61. The number of anilines is 1. The van der Waals surface area contributed by atoms with Crippen LogP contribution in [0.2, 0.25) is 0 Å². The van der Waals surface area contributed by atoms with Gasteiger partial charge in [0, 0.05) is 5.56 Å². The minimum atomic E-state index is 0.448. The zero-order valence-electron chi connectivity index (χ0n) is 7.14. The van der Waals surface area contributed by atoms with Crippen LogP contribution in [0.4, 0.5) is 5.13 Å². The molecule has 1 aromatic heterocycles. The van der Waals surface area contributed by atoms with Gasteiger partial charge in [-0.1, -0.05) is 23.5 Å². The summed E-state index contributed by atoms with van der Waals surface area (Å²) in [6.07, 6.45) is 0. The summed E-state index contributed by atoms with van der Waals surface area (Å²) in [5, 5.41) is 17.4. The lowest BCUT2D eigenvalue weighted by Gasteiger charge is -1.93. The predicted molar refractivity (Wildman–Crippen MR) is 54.5 cm³/mol. The Balaban J connectivity index is 2.39. The van der Waals surface area contributed by atoms with Gasteiger partial charge in [0.15, 0.2) is 0 Å². The highest BCUT2D eigenvalue weighted by Gasteiger charge is 2.03. The first kappa shape index (κ1) is 8.66. The predicted octanol–water partition coefficient (Wildman–Crippen LogP) is 1.66. The monoisotopic (exact) mass is 202 g/mol. The molecule has 1 heterocycles. The molecule has 5 heteroatoms. The Morgan fingerprint density at radius 1 is 1.21 bits per heavy atom. The number of hydrogen-bond acceptors (Lipinski definition) is 5. The van der Waals surface area contributed by atoms with Crippen LogP contribution < -0.4 is 5.73 Å². The molecule has 0 aliphatic rings. The molecule has 0 aliphatic carbocycles. The molecule has 1 aromatic carbocycles. The quantitative estimate of drug-likeness (QED) is 0.763. The minimum Gasteiger partial charge on any atom is -0.374 e. The van der Waals surface area contributed by atoms with Gasteiger partial charge in [0.2, 0.25) is 5.13 Å². The summed E-state index contributed by atoms with van der Waals surface area (Å²) in [7, 11) is 0. The molecular formula is C9H6N4S. The molecule has 0 radical (unpaired) electrons. The zero-order valence-corrected chi connectivity index (χ0v) is 7.95. The Labute approximate surface area is 84.6 Å². The van der Waals surface area contributed by atoms with Crippen molar-refractivity contribution in [3.05, 3.63) is 29.8 Å². The van der Waals surface area contributed by atoms with Crippen LogP contribution in [0.1, 0.15) is 5.56 Å². The second kappa shape index (κ2) is 3.44. The first-order valence-electron chi connectivity index (χ1n) is 3.89. The minimum absolute atomic E-state index is 0.448. The van der Waals surface area contributed by atoms with Crippen molar-refractivity contribution < 1.29 is 0 Å². The van der Waals surface area contributed by atoms with Crippen LogP contribution >= 0.6 is 11.3 Å². The van der Waals surface area contributed by atoms with Crippen molar-refractivity contribution >= 4 is 16.5 Å². The molecular weight excluding hydrogens is 196 g/mol. The highest BCUT2D eigenvalue weighted by Crippen LogP contribution is 2.24. The molecule has 0 fully saturated rings. The van der Waals surface area contributed by atoms with Gasteiger partial charge in [-0.15, -0.1) is 10.2 Å². The maximum absolute atomic E-state index is 8.61. The van der Waals surface area contributed by atoms with Crippen LogP contribution in [0, 0.1) is 11.3 Å². The first-order chi connectivity index (χ1) is 6.79. The molecule has 4 nitrogen and oxygen atoms in total. The van der Waals surface area contributed by atoms with E-state index in [0.717, 1.165) is 10.6 Å². The van der Waals surface area contributed by atoms with Crippen molar-refractivity contribution in [1.29, 1.82) is 5.26 Å². The van der Waals surface area contributed by atoms with Gasteiger partial charge in [0.25, 0.3) is 0 Å². The summed E-state index contributed by atoms with van der Waals surface area (Å²) in [6, 6.07) is 9.20. The van der Waals surface area contributed by atoms with E-state index in [1.165, 1.54) is 11.3 Å². The topological polar surface area (TPSA) is 75.6 Å². The molecule has 0 bridgehead atoms. The van der Waals surface area contributed by atoms with Crippen molar-refractivity contribution in [3.8, 4) is 16.6 Å². The molecule has 2 aromatic rings. The smallest absolute Gasteiger partial charge is 0.203 e. The number of nitrogens with zero attached hydrogens (tertiary/aromatic N) is 3. The summed E-state index contributed by atoms with van der Waals surface area (Å²) in [6.45, 7) is 0. The SMILES string of the molecule is N#Cc1ccc(-c2nnc(N)s2)cc1. The fourth-order valence-electron chi connectivity index (χ4n) is 1.04. The second-order valence-corrected chi connectivity index (χ2v) is 3.64. The average Bonchev–Trinajstić information content (AvgIpc) is 2.65. The van der Waals surface area contributed by atoms with Crippen molar-refractivity contribution in [1.82, 2.24) is 10.2 Å². The number of nitrogen functional groups attached to an aromatic ring is 1. The van der Waals surface area contributed by atoms with Crippen LogP contribution in [0.15, 0.2) is 24.3 Å². The Morgan fingerprint density at radius 2 is 1.93 bits per heavy atom. The van der Waals surface area contributed by atoms with E-state index in [4.69, 9.17) is 11.0 Å². The van der Waals surface area contributed by atoms with Gasteiger partial charge in [-0.05, 0) is 12.1 Å². The zero-order chi connectivity index (χ0) is 9.97. The summed E-state index contributed by atoms with van der Waals surface area (Å²) >= 11 is 1.33. The van der Waals surface area contributed by atoms with Crippen LogP contribution in [0.25, 0.3) is 10.6 Å². The lowest BCUT2D eigenvalue weighted by molar-refractivity contribution is 1.10. The van der Waals surface area contributed by atoms with Gasteiger partial charge in [-0.3, -0.25) is 0 Å². The van der Waals surface area contributed by atoms with E-state index in [2.05, 4.69) is 16.3 Å². The van der Waals surface area contributed by atoms with Crippen LogP contribution in [-0.4, -0.2) is 10.2 Å². The fraction of sp³-hybridized carbons (Fsp3) is 0. The van der Waals surface area contributed by atoms with Crippen LogP contribution in [0.5, 0.6) is 0 Å². The number of hydrogen-bond donors (Lipinski definition) is 1. The number of nitriles is 1. The standard InChI is InChI=1S/C9H6N4S/c10-5-6-1-3-7(4-2-6)8-12-13-9(11)14-8/h1-4H,(H2,11,13). The lowest BCUT2D eigenvalue weighted by Crippen LogP contribution is -1.80. The summed E-state index contributed by atoms with van der Waals surface area (Å²) in [4.78, 5) is 0. The van der Waals surface area contributed by atoms with E-state index < -0.39 is 0 Å². The highest BCUT2D eigenvalue weighted by atomic mass is 32.1. The molecule has 0 saturated heterocycles. The van der Waals surface area contributed by atoms with Crippen molar-refractivity contribution in [3.63, 3.8) is 0 Å². The molecule has 2 rings (SSSR count). The van der Waals surface area contributed by atoms with Crippen molar-refractivity contribution in [2.24, 2.45) is 0 Å². The number of rotatable bonds is 1. The molecule has 68 valence electrons. The summed E-state index contributed by atoms with van der Waals surface area (Å²) in [5.74, 6) is 0. The normalized spacial score (nSPS) is 9.64. The van der Waals surface area contributed by atoms with Crippen molar-refractivity contribution in [2.45, 2.75) is 0 Å². The molecule has 2 N–H and O–H groups in total. The lowest BCUT2D eigenvalue weighted by atomic mass is 10.2. The Morgan fingerprint density at radius 3 is 2.43 bits per heavy atom. The number of nitrogens with two attached hydrogens (primary N) is 1. The molecule has 0 atom stereocenters. The van der Waals surface area contributed by atoms with E-state index in [-0.39, 0.29) is 0 Å². The Bertz CT molecular complexity index is 480. The van der Waals surface area contributed by atoms with Crippen LogP contribution in [-0.2, 0) is 0 Å². The largest absolute Gasteiger partial charge is 0.374 e. The molecule has 14 heavy (non-hydrogen) atoms. The molecule has 0 aliphatic heterocycles.